The lowest BCUT2D eigenvalue weighted by Crippen LogP contribution is -2.20. The Hall–Kier alpha value is -1.40. The summed E-state index contributed by atoms with van der Waals surface area (Å²) in [7, 11) is 0. The molecule has 0 saturated heterocycles. The van der Waals surface area contributed by atoms with Gasteiger partial charge in [0.25, 0.3) is 0 Å². The third-order valence-electron chi connectivity index (χ3n) is 2.47. The standard InChI is InChI=1S/C10H10BrN3O2/c11-9-6-3-5(7(4-12)10(15)16)1-2-8(6)13-14-9/h1-3,7H,4,12H2,(H,13,14)(H,15,16). The van der Waals surface area contributed by atoms with E-state index in [1.54, 1.807) is 18.2 Å². The average molecular weight is 284 g/mol. The van der Waals surface area contributed by atoms with E-state index in [2.05, 4.69) is 26.1 Å². The molecule has 0 aliphatic carbocycles. The maximum absolute atomic E-state index is 11.0. The second kappa shape index (κ2) is 4.23. The largest absolute Gasteiger partial charge is 0.481 e. The summed E-state index contributed by atoms with van der Waals surface area (Å²) in [5.41, 5.74) is 6.92. The lowest BCUT2D eigenvalue weighted by Gasteiger charge is -2.09. The number of nitrogens with one attached hydrogen (secondary N) is 1. The number of H-pyrrole nitrogens is 1. The van der Waals surface area contributed by atoms with Crippen LogP contribution in [0.3, 0.4) is 0 Å². The second-order valence-corrected chi connectivity index (χ2v) is 4.23. The van der Waals surface area contributed by atoms with Crippen LogP contribution in [0.25, 0.3) is 10.9 Å². The first kappa shape index (κ1) is 11.1. The third-order valence-corrected chi connectivity index (χ3v) is 3.07. The van der Waals surface area contributed by atoms with Crippen LogP contribution in [-0.2, 0) is 4.79 Å². The molecule has 0 spiro atoms. The van der Waals surface area contributed by atoms with Crippen molar-refractivity contribution in [2.75, 3.05) is 6.54 Å². The van der Waals surface area contributed by atoms with Gasteiger partial charge in [0.15, 0.2) is 0 Å². The first-order chi connectivity index (χ1) is 7.63. The molecule has 1 heterocycles. The van der Waals surface area contributed by atoms with E-state index in [0.717, 1.165) is 15.5 Å². The number of carbonyl (C=O) groups is 1. The number of nitrogens with two attached hydrogens (primary N) is 1. The highest BCUT2D eigenvalue weighted by Gasteiger charge is 2.18. The Morgan fingerprint density at radius 1 is 1.62 bits per heavy atom. The summed E-state index contributed by atoms with van der Waals surface area (Å²) < 4.78 is 0.741. The van der Waals surface area contributed by atoms with Crippen molar-refractivity contribution in [1.29, 1.82) is 0 Å². The van der Waals surface area contributed by atoms with Crippen molar-refractivity contribution in [2.24, 2.45) is 5.73 Å². The molecule has 0 aliphatic rings. The van der Waals surface area contributed by atoms with Gasteiger partial charge in [-0.1, -0.05) is 6.07 Å². The molecule has 0 saturated carbocycles. The zero-order valence-electron chi connectivity index (χ0n) is 8.27. The van der Waals surface area contributed by atoms with E-state index >= 15 is 0 Å². The van der Waals surface area contributed by atoms with Crippen LogP contribution >= 0.6 is 15.9 Å². The van der Waals surface area contributed by atoms with Crippen molar-refractivity contribution >= 4 is 32.8 Å². The molecule has 2 rings (SSSR count). The predicted molar refractivity (Wildman–Crippen MR) is 63.2 cm³/mol. The molecule has 1 atom stereocenters. The summed E-state index contributed by atoms with van der Waals surface area (Å²) in [4.78, 5) is 11.0. The smallest absolute Gasteiger partial charge is 0.312 e. The van der Waals surface area contributed by atoms with Crippen molar-refractivity contribution in [3.8, 4) is 0 Å². The Morgan fingerprint density at radius 2 is 2.38 bits per heavy atom. The topological polar surface area (TPSA) is 92.0 Å². The zero-order valence-corrected chi connectivity index (χ0v) is 9.86. The van der Waals surface area contributed by atoms with Gasteiger partial charge in [-0.3, -0.25) is 9.89 Å². The molecule has 1 aromatic carbocycles. The first-order valence-electron chi connectivity index (χ1n) is 4.70. The van der Waals surface area contributed by atoms with Crippen molar-refractivity contribution in [3.05, 3.63) is 28.4 Å². The minimum Gasteiger partial charge on any atom is -0.481 e. The molecule has 84 valence electrons. The third kappa shape index (κ3) is 1.81. The fourth-order valence-electron chi connectivity index (χ4n) is 1.59. The molecule has 0 amide bonds. The molecule has 6 heteroatoms. The summed E-state index contributed by atoms with van der Waals surface area (Å²) in [5, 5.41) is 16.7. The number of rotatable bonds is 3. The summed E-state index contributed by atoms with van der Waals surface area (Å²) in [6.07, 6.45) is 0. The molecule has 1 unspecified atom stereocenters. The number of hydrogen-bond acceptors (Lipinski definition) is 3. The predicted octanol–water partition coefficient (Wildman–Crippen LogP) is 1.45. The molecule has 4 N–H and O–H groups in total. The lowest BCUT2D eigenvalue weighted by molar-refractivity contribution is -0.138. The van der Waals surface area contributed by atoms with Gasteiger partial charge in [-0.2, -0.15) is 5.10 Å². The van der Waals surface area contributed by atoms with Crippen LogP contribution in [0.2, 0.25) is 0 Å². The number of hydrogen-bond donors (Lipinski definition) is 3. The van der Waals surface area contributed by atoms with Crippen molar-refractivity contribution in [3.63, 3.8) is 0 Å². The maximum atomic E-state index is 11.0. The van der Waals surface area contributed by atoms with E-state index in [1.165, 1.54) is 0 Å². The Morgan fingerprint density at radius 3 is 3.00 bits per heavy atom. The summed E-state index contributed by atoms with van der Waals surface area (Å²) in [6.45, 7) is 0.0797. The molecule has 0 fully saturated rings. The fourth-order valence-corrected chi connectivity index (χ4v) is 2.00. The van der Waals surface area contributed by atoms with E-state index < -0.39 is 11.9 Å². The minimum absolute atomic E-state index is 0.0797. The van der Waals surface area contributed by atoms with Gasteiger partial charge < -0.3 is 10.8 Å². The van der Waals surface area contributed by atoms with Crippen molar-refractivity contribution in [2.45, 2.75) is 5.92 Å². The van der Waals surface area contributed by atoms with E-state index in [0.29, 0.717) is 5.56 Å². The number of nitrogens with zero attached hydrogens (tertiary/aromatic N) is 1. The Labute approximate surface area is 99.8 Å². The molecule has 5 nitrogen and oxygen atoms in total. The number of fused-ring (bicyclic) bond motifs is 1. The summed E-state index contributed by atoms with van der Waals surface area (Å²) >= 11 is 3.31. The van der Waals surface area contributed by atoms with Gasteiger partial charge in [-0.15, -0.1) is 0 Å². The number of aliphatic carboxylic acids is 1. The van der Waals surface area contributed by atoms with Crippen LogP contribution in [-0.4, -0.2) is 27.8 Å². The van der Waals surface area contributed by atoms with Crippen LogP contribution in [0.15, 0.2) is 22.8 Å². The summed E-state index contributed by atoms with van der Waals surface area (Å²) in [5.74, 6) is -1.59. The minimum atomic E-state index is -0.915. The molecular weight excluding hydrogens is 274 g/mol. The van der Waals surface area contributed by atoms with Crippen LogP contribution in [0.5, 0.6) is 0 Å². The fraction of sp³-hybridized carbons (Fsp3) is 0.200. The Balaban J connectivity index is 2.52. The van der Waals surface area contributed by atoms with Crippen LogP contribution in [0.4, 0.5) is 0 Å². The van der Waals surface area contributed by atoms with Crippen LogP contribution in [0.1, 0.15) is 11.5 Å². The van der Waals surface area contributed by atoms with Gasteiger partial charge in [0.05, 0.1) is 11.4 Å². The highest BCUT2D eigenvalue weighted by molar-refractivity contribution is 9.10. The SMILES string of the molecule is NCC(C(=O)O)c1ccc2n[nH]c(Br)c2c1. The molecule has 2 aromatic rings. The Kier molecular flexibility index (Phi) is 2.93. The van der Waals surface area contributed by atoms with Gasteiger partial charge in [-0.05, 0) is 33.6 Å². The lowest BCUT2D eigenvalue weighted by atomic mass is 9.98. The van der Waals surface area contributed by atoms with Crippen molar-refractivity contribution < 1.29 is 9.90 Å². The molecule has 0 aliphatic heterocycles. The van der Waals surface area contributed by atoms with E-state index in [4.69, 9.17) is 10.8 Å². The summed E-state index contributed by atoms with van der Waals surface area (Å²) in [6, 6.07) is 5.30. The number of benzene rings is 1. The monoisotopic (exact) mass is 283 g/mol. The van der Waals surface area contributed by atoms with Crippen LogP contribution in [0, 0.1) is 0 Å². The number of halogens is 1. The number of aromatic amines is 1. The van der Waals surface area contributed by atoms with Gasteiger partial charge in [-0.25, -0.2) is 0 Å². The first-order valence-corrected chi connectivity index (χ1v) is 5.49. The van der Waals surface area contributed by atoms with E-state index in [9.17, 15) is 4.79 Å². The number of aromatic nitrogens is 2. The van der Waals surface area contributed by atoms with Gasteiger partial charge in [0.2, 0.25) is 0 Å². The van der Waals surface area contributed by atoms with Gasteiger partial charge >= 0.3 is 5.97 Å². The van der Waals surface area contributed by atoms with Crippen LogP contribution < -0.4 is 5.73 Å². The molecule has 16 heavy (non-hydrogen) atoms. The second-order valence-electron chi connectivity index (χ2n) is 3.44. The number of carboxylic acids is 1. The highest BCUT2D eigenvalue weighted by atomic mass is 79.9. The van der Waals surface area contributed by atoms with E-state index in [-0.39, 0.29) is 6.54 Å². The molecular formula is C10H10BrN3O2. The normalized spacial score (nSPS) is 12.9. The Bertz CT molecular complexity index is 538. The average Bonchev–Trinajstić information content (AvgIpc) is 2.61. The molecule has 1 aromatic heterocycles. The van der Waals surface area contributed by atoms with Crippen molar-refractivity contribution in [1.82, 2.24) is 10.2 Å². The number of carboxylic acid groups (broad SMARTS) is 1. The zero-order chi connectivity index (χ0) is 11.7. The quantitative estimate of drug-likeness (QED) is 0.795. The van der Waals surface area contributed by atoms with Gasteiger partial charge in [0, 0.05) is 11.9 Å². The highest BCUT2D eigenvalue weighted by Crippen LogP contribution is 2.25. The maximum Gasteiger partial charge on any atom is 0.312 e. The molecule has 0 bridgehead atoms. The van der Waals surface area contributed by atoms with Gasteiger partial charge in [0.1, 0.15) is 4.60 Å². The van der Waals surface area contributed by atoms with E-state index in [1.807, 2.05) is 0 Å². The molecule has 0 radical (unpaired) electrons.